The number of aliphatic hydroxyl groups is 2. The number of rotatable bonds is 3. The third kappa shape index (κ3) is 3.75. The van der Waals surface area contributed by atoms with Crippen molar-refractivity contribution in [2.75, 3.05) is 0 Å². The smallest absolute Gasteiger partial charge is 0.159 e. The number of fused-ring (bicyclic) bond motifs is 2. The number of amidine groups is 2. The van der Waals surface area contributed by atoms with Crippen LogP contribution in [0, 0.1) is 0 Å². The topological polar surface area (TPSA) is 77.2 Å². The molecule has 3 aromatic carbocycles. The number of nitrogens with one attached hydrogen (secondary N) is 1. The van der Waals surface area contributed by atoms with Crippen molar-refractivity contribution >= 4 is 22.8 Å². The van der Waals surface area contributed by atoms with E-state index in [9.17, 15) is 10.2 Å². The summed E-state index contributed by atoms with van der Waals surface area (Å²) in [5.74, 6) is 1.62. The van der Waals surface area contributed by atoms with Crippen LogP contribution in [0.2, 0.25) is 0 Å². The number of allylic oxidation sites excluding steroid dienone is 8. The van der Waals surface area contributed by atoms with Crippen LogP contribution in [0.5, 0.6) is 0 Å². The molecule has 46 heavy (non-hydrogen) atoms. The van der Waals surface area contributed by atoms with E-state index in [1.54, 1.807) is 0 Å². The summed E-state index contributed by atoms with van der Waals surface area (Å²) in [6.45, 7) is 0. The maximum absolute atomic E-state index is 11.0. The van der Waals surface area contributed by atoms with Gasteiger partial charge in [-0.15, -0.1) is 0 Å². The summed E-state index contributed by atoms with van der Waals surface area (Å²) in [6, 6.07) is 16.0. The molecule has 0 fully saturated rings. The molecule has 5 nitrogen and oxygen atoms in total. The van der Waals surface area contributed by atoms with Gasteiger partial charge in [-0.2, -0.15) is 0 Å². The number of aliphatic imine (C=N–C) groups is 2. The largest absolute Gasteiger partial charge is 0.512 e. The van der Waals surface area contributed by atoms with E-state index in [1.807, 2.05) is 0 Å². The minimum atomic E-state index is -0.343. The highest BCUT2D eigenvalue weighted by Gasteiger charge is 2.35. The van der Waals surface area contributed by atoms with Crippen LogP contribution in [-0.2, 0) is 32.1 Å². The fraction of sp³-hybridized carbons (Fsp3) is 0.268. The predicted molar refractivity (Wildman–Crippen MR) is 184 cm³/mol. The number of hydrogen-bond donors (Lipinski definition) is 3. The summed E-state index contributed by atoms with van der Waals surface area (Å²) in [6.07, 6.45) is 17.5. The van der Waals surface area contributed by atoms with Gasteiger partial charge in [0.2, 0.25) is 0 Å². The third-order valence-electron chi connectivity index (χ3n) is 11.1. The van der Waals surface area contributed by atoms with E-state index in [0.717, 1.165) is 62.8 Å². The van der Waals surface area contributed by atoms with Crippen molar-refractivity contribution < 1.29 is 10.2 Å². The first-order valence-electron chi connectivity index (χ1n) is 16.9. The van der Waals surface area contributed by atoms with Crippen molar-refractivity contribution in [3.63, 3.8) is 0 Å². The lowest BCUT2D eigenvalue weighted by Crippen LogP contribution is -2.36. The SMILES string of the molecule is OC1=CC(O)=C(C2=NC(c3ccc4c5c3CCC=C5C3=C4CCC=C3)NC(c3ccc4c5c3CCc3cccc(c3-5)CC4)=N2)CC1. The van der Waals surface area contributed by atoms with Gasteiger partial charge in [-0.1, -0.05) is 60.7 Å². The van der Waals surface area contributed by atoms with Crippen LogP contribution in [-0.4, -0.2) is 21.9 Å². The van der Waals surface area contributed by atoms with E-state index in [0.29, 0.717) is 24.3 Å². The van der Waals surface area contributed by atoms with Crippen LogP contribution in [0.3, 0.4) is 0 Å². The molecule has 1 aliphatic heterocycles. The molecule has 10 rings (SSSR count). The van der Waals surface area contributed by atoms with Crippen molar-refractivity contribution in [2.24, 2.45) is 9.98 Å². The zero-order valence-electron chi connectivity index (χ0n) is 25.8. The second-order valence-electron chi connectivity index (χ2n) is 13.6. The van der Waals surface area contributed by atoms with Gasteiger partial charge in [0.15, 0.2) is 5.84 Å². The molecule has 7 aliphatic rings. The maximum Gasteiger partial charge on any atom is 0.159 e. The Hall–Kier alpha value is -4.90. The second-order valence-corrected chi connectivity index (χ2v) is 13.6. The Morgan fingerprint density at radius 1 is 0.696 bits per heavy atom. The molecule has 0 amide bonds. The Morgan fingerprint density at radius 2 is 1.52 bits per heavy atom. The normalized spacial score (nSPS) is 21.9. The molecular weight excluding hydrogens is 566 g/mol. The Morgan fingerprint density at radius 3 is 2.39 bits per heavy atom. The van der Waals surface area contributed by atoms with Gasteiger partial charge >= 0.3 is 0 Å². The molecule has 0 spiro atoms. The molecule has 1 atom stereocenters. The molecule has 1 heterocycles. The number of nitrogens with zero attached hydrogens (tertiary/aromatic N) is 2. The van der Waals surface area contributed by atoms with E-state index in [2.05, 4.69) is 66.0 Å². The number of hydrogen-bond acceptors (Lipinski definition) is 5. The summed E-state index contributed by atoms with van der Waals surface area (Å²) in [4.78, 5) is 10.4. The van der Waals surface area contributed by atoms with E-state index >= 15 is 0 Å². The quantitative estimate of drug-likeness (QED) is 0.282. The van der Waals surface area contributed by atoms with Crippen LogP contribution < -0.4 is 5.32 Å². The van der Waals surface area contributed by atoms with Crippen LogP contribution >= 0.6 is 0 Å². The fourth-order valence-corrected chi connectivity index (χ4v) is 9.08. The van der Waals surface area contributed by atoms with E-state index in [1.165, 1.54) is 78.4 Å². The molecule has 0 saturated carbocycles. The number of benzene rings is 3. The summed E-state index contributed by atoms with van der Waals surface area (Å²) in [5.41, 5.74) is 20.0. The van der Waals surface area contributed by atoms with Gasteiger partial charge < -0.3 is 15.5 Å². The minimum absolute atomic E-state index is 0.0563. The lowest BCUT2D eigenvalue weighted by atomic mass is 9.74. The summed E-state index contributed by atoms with van der Waals surface area (Å²) in [5, 5.41) is 25.0. The predicted octanol–water partition coefficient (Wildman–Crippen LogP) is 8.49. The Kier molecular flexibility index (Phi) is 5.61. The Labute approximate surface area is 268 Å². The van der Waals surface area contributed by atoms with Crippen LogP contribution in [0.15, 0.2) is 99.4 Å². The average Bonchev–Trinajstić information content (AvgIpc) is 3.42. The standard InChI is InChI=1S/C41H35N3O2/c45-25-15-18-34(35(46)21-25)41-43-39(32-17-14-24-12-11-22-5-3-6-23-13-16-31(32)37(24)36(22)23)42-40(44-41)33-20-19-30-27-8-2-1-7-26(27)28-9-4-10-29(33)38(28)30/h1,3,5-7,9,14,17,19-21,40,45-46H,2,4,8,10-13,15-16,18H2,(H,42,43,44). The summed E-state index contributed by atoms with van der Waals surface area (Å²) < 4.78 is 0. The third-order valence-corrected chi connectivity index (χ3v) is 11.1. The minimum Gasteiger partial charge on any atom is -0.512 e. The summed E-state index contributed by atoms with van der Waals surface area (Å²) >= 11 is 0. The van der Waals surface area contributed by atoms with Crippen molar-refractivity contribution in [3.8, 4) is 11.1 Å². The van der Waals surface area contributed by atoms with Gasteiger partial charge in [0.1, 0.15) is 17.8 Å². The molecule has 0 radical (unpaired) electrons. The van der Waals surface area contributed by atoms with E-state index in [4.69, 9.17) is 9.98 Å². The molecule has 6 aliphatic carbocycles. The molecule has 5 heteroatoms. The van der Waals surface area contributed by atoms with Gasteiger partial charge in [-0.25, -0.2) is 9.98 Å². The first kappa shape index (κ1) is 26.3. The number of aliphatic hydroxyl groups excluding tert-OH is 2. The highest BCUT2D eigenvalue weighted by molar-refractivity contribution is 6.14. The van der Waals surface area contributed by atoms with E-state index in [-0.39, 0.29) is 17.7 Å². The van der Waals surface area contributed by atoms with Gasteiger partial charge in [-0.05, 0) is 125 Å². The van der Waals surface area contributed by atoms with Crippen LogP contribution in [0.4, 0.5) is 0 Å². The lowest BCUT2D eigenvalue weighted by Gasteiger charge is -2.33. The maximum atomic E-state index is 11.0. The fourth-order valence-electron chi connectivity index (χ4n) is 9.08. The monoisotopic (exact) mass is 601 g/mol. The molecular formula is C41H35N3O2. The molecule has 226 valence electrons. The Balaban J connectivity index is 1.14. The second kappa shape index (κ2) is 9.80. The zero-order valence-corrected chi connectivity index (χ0v) is 25.8. The number of aryl methyl sites for hydroxylation is 3. The highest BCUT2D eigenvalue weighted by atomic mass is 16.3. The Bertz CT molecular complexity index is 2140. The molecule has 0 aromatic heterocycles. The summed E-state index contributed by atoms with van der Waals surface area (Å²) in [7, 11) is 0. The van der Waals surface area contributed by atoms with Crippen LogP contribution in [0.1, 0.15) is 88.3 Å². The van der Waals surface area contributed by atoms with Gasteiger partial charge in [0, 0.05) is 29.2 Å². The van der Waals surface area contributed by atoms with E-state index < -0.39 is 0 Å². The molecule has 0 bridgehead atoms. The highest BCUT2D eigenvalue weighted by Crippen LogP contribution is 2.51. The average molecular weight is 602 g/mol. The van der Waals surface area contributed by atoms with Crippen molar-refractivity contribution in [1.29, 1.82) is 0 Å². The molecule has 1 unspecified atom stereocenters. The zero-order chi connectivity index (χ0) is 30.5. The molecule has 3 N–H and O–H groups in total. The van der Waals surface area contributed by atoms with Crippen molar-refractivity contribution in [3.05, 3.63) is 140 Å². The van der Waals surface area contributed by atoms with Gasteiger partial charge in [0.25, 0.3) is 0 Å². The van der Waals surface area contributed by atoms with Gasteiger partial charge in [-0.3, -0.25) is 0 Å². The molecule has 0 saturated heterocycles. The first-order valence-corrected chi connectivity index (χ1v) is 16.9. The van der Waals surface area contributed by atoms with Gasteiger partial charge in [0.05, 0.1) is 5.76 Å². The van der Waals surface area contributed by atoms with Crippen LogP contribution in [0.25, 0.3) is 22.3 Å². The first-order chi connectivity index (χ1) is 22.6. The van der Waals surface area contributed by atoms with Crippen molar-refractivity contribution in [2.45, 2.75) is 70.4 Å². The molecule has 3 aromatic rings. The lowest BCUT2D eigenvalue weighted by molar-refractivity contribution is 0.361. The van der Waals surface area contributed by atoms with Crippen molar-refractivity contribution in [1.82, 2.24) is 5.32 Å².